The summed E-state index contributed by atoms with van der Waals surface area (Å²) >= 11 is 0. The van der Waals surface area contributed by atoms with Gasteiger partial charge in [0.15, 0.2) is 0 Å². The molecule has 3 N–H and O–H groups in total. The molecule has 0 radical (unpaired) electrons. The van der Waals surface area contributed by atoms with Crippen LogP contribution in [0.5, 0.6) is 0 Å². The molecule has 3 aromatic carbocycles. The van der Waals surface area contributed by atoms with Gasteiger partial charge in [0.25, 0.3) is 0 Å². The minimum absolute atomic E-state index is 0.0284. The van der Waals surface area contributed by atoms with Gasteiger partial charge >= 0.3 is 0 Å². The van der Waals surface area contributed by atoms with E-state index in [1.54, 1.807) is 30.3 Å². The molecular weight excluding hydrogens is 459 g/mol. The molecule has 1 aliphatic carbocycles. The molecule has 186 valence electrons. The Bertz CT molecular complexity index is 1320. The summed E-state index contributed by atoms with van der Waals surface area (Å²) in [7, 11) is 0. The van der Waals surface area contributed by atoms with E-state index in [1.165, 1.54) is 25.1 Å². The Morgan fingerprint density at radius 1 is 0.861 bits per heavy atom. The van der Waals surface area contributed by atoms with Gasteiger partial charge < -0.3 is 15.7 Å². The number of aryl methyl sites for hydroxylation is 2. The number of aliphatic hydroxyl groups is 1. The van der Waals surface area contributed by atoms with Crippen molar-refractivity contribution in [2.24, 2.45) is 11.8 Å². The summed E-state index contributed by atoms with van der Waals surface area (Å²) in [6, 6.07) is 20.0. The lowest BCUT2D eigenvalue weighted by atomic mass is 9.61. The molecule has 0 aromatic heterocycles. The van der Waals surface area contributed by atoms with E-state index in [2.05, 4.69) is 10.6 Å². The van der Waals surface area contributed by atoms with E-state index < -0.39 is 53.2 Å². The number of anilines is 2. The fourth-order valence-corrected chi connectivity index (χ4v) is 5.06. The van der Waals surface area contributed by atoms with Crippen LogP contribution < -0.4 is 10.6 Å². The maximum atomic E-state index is 15.2. The van der Waals surface area contributed by atoms with Crippen molar-refractivity contribution >= 4 is 29.0 Å². The van der Waals surface area contributed by atoms with E-state index in [9.17, 15) is 19.5 Å². The van der Waals surface area contributed by atoms with Gasteiger partial charge in [0.05, 0.1) is 11.5 Å². The molecule has 7 heteroatoms. The zero-order valence-corrected chi connectivity index (χ0v) is 20.4. The van der Waals surface area contributed by atoms with Crippen molar-refractivity contribution in [3.63, 3.8) is 0 Å². The first-order valence-corrected chi connectivity index (χ1v) is 11.8. The third-order valence-corrected chi connectivity index (χ3v) is 6.90. The van der Waals surface area contributed by atoms with Crippen LogP contribution in [-0.2, 0) is 14.4 Å². The average molecular weight is 489 g/mol. The average Bonchev–Trinajstić information content (AvgIpc) is 2.81. The maximum absolute atomic E-state index is 15.2. The van der Waals surface area contributed by atoms with Gasteiger partial charge in [0, 0.05) is 23.7 Å². The SMILES string of the molecule is Cc1ccccc1NC(=O)C1C(=O)CC(C)(O)C(C(=O)Nc2ccccc2C)C1c1ccccc1F. The fourth-order valence-electron chi connectivity index (χ4n) is 5.06. The molecule has 4 atom stereocenters. The van der Waals surface area contributed by atoms with Crippen molar-refractivity contribution in [3.8, 4) is 0 Å². The lowest BCUT2D eigenvalue weighted by molar-refractivity contribution is -0.150. The predicted molar refractivity (Wildman–Crippen MR) is 136 cm³/mol. The molecule has 1 fully saturated rings. The first-order chi connectivity index (χ1) is 17.1. The first-order valence-electron chi connectivity index (χ1n) is 11.8. The molecule has 0 saturated heterocycles. The molecule has 4 rings (SSSR count). The van der Waals surface area contributed by atoms with Gasteiger partial charge in [-0.15, -0.1) is 0 Å². The maximum Gasteiger partial charge on any atom is 0.235 e. The Labute approximate surface area is 209 Å². The van der Waals surface area contributed by atoms with Crippen LogP contribution in [0.15, 0.2) is 72.8 Å². The number of para-hydroxylation sites is 2. The van der Waals surface area contributed by atoms with Crippen molar-refractivity contribution in [1.82, 2.24) is 0 Å². The summed E-state index contributed by atoms with van der Waals surface area (Å²) in [5.41, 5.74) is 0.854. The van der Waals surface area contributed by atoms with Crippen molar-refractivity contribution in [2.75, 3.05) is 10.6 Å². The minimum Gasteiger partial charge on any atom is -0.389 e. The lowest BCUT2D eigenvalue weighted by Gasteiger charge is -2.44. The summed E-state index contributed by atoms with van der Waals surface area (Å²) in [5, 5.41) is 16.9. The Balaban J connectivity index is 1.80. The molecule has 4 unspecified atom stereocenters. The minimum atomic E-state index is -1.81. The van der Waals surface area contributed by atoms with Gasteiger partial charge in [-0.1, -0.05) is 54.6 Å². The molecule has 1 aliphatic rings. The van der Waals surface area contributed by atoms with E-state index in [0.717, 1.165) is 11.1 Å². The molecule has 2 amide bonds. The molecule has 0 bridgehead atoms. The zero-order chi connectivity index (χ0) is 26.0. The number of benzene rings is 3. The van der Waals surface area contributed by atoms with Crippen molar-refractivity contribution in [1.29, 1.82) is 0 Å². The number of rotatable bonds is 5. The molecule has 1 saturated carbocycles. The number of Topliss-reactive ketones (excluding diaryl/α,β-unsaturated/α-hetero) is 1. The normalized spacial score (nSPS) is 23.7. The molecule has 36 heavy (non-hydrogen) atoms. The van der Waals surface area contributed by atoms with Crippen molar-refractivity contribution in [3.05, 3.63) is 95.3 Å². The summed E-state index contributed by atoms with van der Waals surface area (Å²) < 4.78 is 15.2. The first kappa shape index (κ1) is 25.3. The van der Waals surface area contributed by atoms with Gasteiger partial charge in [-0.05, 0) is 55.7 Å². The van der Waals surface area contributed by atoms with Crippen LogP contribution in [0, 0.1) is 31.5 Å². The second-order valence-corrected chi connectivity index (χ2v) is 9.61. The van der Waals surface area contributed by atoms with Crippen LogP contribution in [0.2, 0.25) is 0 Å². The monoisotopic (exact) mass is 488 g/mol. The van der Waals surface area contributed by atoms with Gasteiger partial charge in [0.2, 0.25) is 11.8 Å². The zero-order valence-electron chi connectivity index (χ0n) is 20.4. The third-order valence-electron chi connectivity index (χ3n) is 6.90. The highest BCUT2D eigenvalue weighted by atomic mass is 19.1. The van der Waals surface area contributed by atoms with E-state index in [1.807, 2.05) is 38.1 Å². The van der Waals surface area contributed by atoms with Gasteiger partial charge in [-0.3, -0.25) is 14.4 Å². The van der Waals surface area contributed by atoms with Crippen molar-refractivity contribution < 1.29 is 23.9 Å². The number of carbonyl (C=O) groups is 3. The van der Waals surface area contributed by atoms with Crippen LogP contribution in [0.25, 0.3) is 0 Å². The Morgan fingerprint density at radius 2 is 1.36 bits per heavy atom. The highest BCUT2D eigenvalue weighted by molar-refractivity contribution is 6.10. The second kappa shape index (κ2) is 10.0. The lowest BCUT2D eigenvalue weighted by Crippen LogP contribution is -2.56. The summed E-state index contributed by atoms with van der Waals surface area (Å²) in [4.78, 5) is 40.6. The summed E-state index contributed by atoms with van der Waals surface area (Å²) in [6.07, 6.45) is -0.421. The van der Waals surface area contributed by atoms with Gasteiger partial charge in [0.1, 0.15) is 17.5 Å². The number of halogens is 1. The summed E-state index contributed by atoms with van der Waals surface area (Å²) in [6.45, 7) is 5.02. The van der Waals surface area contributed by atoms with Gasteiger partial charge in [-0.2, -0.15) is 0 Å². The predicted octanol–water partition coefficient (Wildman–Crippen LogP) is 4.76. The smallest absolute Gasteiger partial charge is 0.235 e. The van der Waals surface area contributed by atoms with Crippen LogP contribution >= 0.6 is 0 Å². The van der Waals surface area contributed by atoms with Crippen LogP contribution in [0.4, 0.5) is 15.8 Å². The molecular formula is C29H29FN2O4. The summed E-state index contributed by atoms with van der Waals surface area (Å²) in [5.74, 6) is -6.34. The van der Waals surface area contributed by atoms with Gasteiger partial charge in [-0.25, -0.2) is 4.39 Å². The fraction of sp³-hybridized carbons (Fsp3) is 0.276. The van der Waals surface area contributed by atoms with E-state index >= 15 is 4.39 Å². The topological polar surface area (TPSA) is 95.5 Å². The van der Waals surface area contributed by atoms with E-state index in [4.69, 9.17) is 0 Å². The van der Waals surface area contributed by atoms with Crippen LogP contribution in [0.3, 0.4) is 0 Å². The largest absolute Gasteiger partial charge is 0.389 e. The number of hydrogen-bond acceptors (Lipinski definition) is 4. The molecule has 0 spiro atoms. The number of ketones is 1. The molecule has 0 heterocycles. The Hall–Kier alpha value is -3.84. The molecule has 6 nitrogen and oxygen atoms in total. The molecule has 0 aliphatic heterocycles. The van der Waals surface area contributed by atoms with E-state index in [0.29, 0.717) is 11.4 Å². The number of carbonyl (C=O) groups excluding carboxylic acids is 3. The quantitative estimate of drug-likeness (QED) is 0.451. The molecule has 3 aromatic rings. The van der Waals surface area contributed by atoms with Crippen LogP contribution in [0.1, 0.15) is 36.0 Å². The Morgan fingerprint density at radius 3 is 1.92 bits per heavy atom. The van der Waals surface area contributed by atoms with E-state index in [-0.39, 0.29) is 5.56 Å². The standard InChI is InChI=1S/C29H29FN2O4/c1-17-10-4-8-14-21(17)31-27(34)25-23(33)16-29(3,36)26(24(25)19-12-6-7-13-20(19)30)28(35)32-22-15-9-5-11-18(22)2/h4-15,24-26,36H,16H2,1-3H3,(H,31,34)(H,32,35). The Kier molecular flexibility index (Phi) is 7.04. The second-order valence-electron chi connectivity index (χ2n) is 9.61. The van der Waals surface area contributed by atoms with Crippen LogP contribution in [-0.4, -0.2) is 28.3 Å². The highest BCUT2D eigenvalue weighted by Gasteiger charge is 2.56. The third kappa shape index (κ3) is 4.93. The number of nitrogens with one attached hydrogen (secondary N) is 2. The number of amides is 2. The van der Waals surface area contributed by atoms with Crippen molar-refractivity contribution in [2.45, 2.75) is 38.7 Å². The highest BCUT2D eigenvalue weighted by Crippen LogP contribution is 2.47. The number of hydrogen-bond donors (Lipinski definition) is 3.